The second-order valence-corrected chi connectivity index (χ2v) is 6.53. The van der Waals surface area contributed by atoms with Crippen molar-refractivity contribution in [2.24, 2.45) is 0 Å². The number of sulfonamides is 1. The lowest BCUT2D eigenvalue weighted by Gasteiger charge is -2.33. The van der Waals surface area contributed by atoms with Gasteiger partial charge in [0.1, 0.15) is 11.6 Å². The summed E-state index contributed by atoms with van der Waals surface area (Å²) >= 11 is 0. The van der Waals surface area contributed by atoms with Gasteiger partial charge in [0.25, 0.3) is 0 Å². The minimum atomic E-state index is -4.17. The number of anilines is 1. The van der Waals surface area contributed by atoms with Crippen molar-refractivity contribution in [2.75, 3.05) is 38.5 Å². The van der Waals surface area contributed by atoms with E-state index in [1.165, 1.54) is 0 Å². The number of nitrogens with two attached hydrogens (primary N) is 1. The van der Waals surface area contributed by atoms with Crippen molar-refractivity contribution in [3.8, 4) is 0 Å². The Kier molecular flexibility index (Phi) is 4.26. The lowest BCUT2D eigenvalue weighted by atomic mass is 10.3. The van der Waals surface area contributed by atoms with Gasteiger partial charge in [0.05, 0.1) is 0 Å². The molecule has 1 fully saturated rings. The predicted octanol–water partition coefficient (Wildman–Crippen LogP) is 0.873. The molecule has 0 radical (unpaired) electrons. The minimum Gasteiger partial charge on any atom is -0.399 e. The summed E-state index contributed by atoms with van der Waals surface area (Å²) in [5.41, 5.74) is 5.15. The van der Waals surface area contributed by atoms with E-state index in [0.717, 1.165) is 23.0 Å². The number of nitrogen functional groups attached to an aromatic ring is 1. The third-order valence-electron chi connectivity index (χ3n) is 3.40. The van der Waals surface area contributed by atoms with Crippen LogP contribution in [0.4, 0.5) is 14.5 Å². The summed E-state index contributed by atoms with van der Waals surface area (Å²) in [6.45, 7) is 4.34. The van der Waals surface area contributed by atoms with E-state index < -0.39 is 26.6 Å². The Morgan fingerprint density at radius 1 is 1.15 bits per heavy atom. The Morgan fingerprint density at radius 3 is 2.10 bits per heavy atom. The maximum absolute atomic E-state index is 13.8. The Hall–Kier alpha value is -1.25. The van der Waals surface area contributed by atoms with E-state index in [1.807, 2.05) is 6.92 Å². The molecule has 0 bridgehead atoms. The first-order valence-corrected chi connectivity index (χ1v) is 7.77. The summed E-state index contributed by atoms with van der Waals surface area (Å²) in [6.07, 6.45) is 0. The van der Waals surface area contributed by atoms with Crippen molar-refractivity contribution in [2.45, 2.75) is 11.8 Å². The normalized spacial score (nSPS) is 18.4. The summed E-state index contributed by atoms with van der Waals surface area (Å²) in [7, 11) is -4.17. The van der Waals surface area contributed by atoms with E-state index in [-0.39, 0.29) is 18.8 Å². The molecule has 0 amide bonds. The Bertz CT molecular complexity index is 576. The van der Waals surface area contributed by atoms with Crippen molar-refractivity contribution < 1.29 is 17.2 Å². The number of benzene rings is 1. The Morgan fingerprint density at radius 2 is 1.65 bits per heavy atom. The largest absolute Gasteiger partial charge is 0.399 e. The molecule has 0 saturated carbocycles. The van der Waals surface area contributed by atoms with Crippen molar-refractivity contribution in [3.63, 3.8) is 0 Å². The van der Waals surface area contributed by atoms with Gasteiger partial charge in [-0.05, 0) is 18.7 Å². The van der Waals surface area contributed by atoms with Gasteiger partial charge in [-0.1, -0.05) is 6.92 Å². The topological polar surface area (TPSA) is 66.6 Å². The molecule has 0 aliphatic carbocycles. The SMILES string of the molecule is CCN1CCN(S(=O)(=O)c2c(F)cc(N)cc2F)CC1. The maximum atomic E-state index is 13.8. The molecule has 1 aliphatic heterocycles. The maximum Gasteiger partial charge on any atom is 0.249 e. The third kappa shape index (κ3) is 2.77. The van der Waals surface area contributed by atoms with E-state index in [4.69, 9.17) is 5.73 Å². The molecule has 20 heavy (non-hydrogen) atoms. The Labute approximate surface area is 117 Å². The lowest BCUT2D eigenvalue weighted by Crippen LogP contribution is -2.48. The van der Waals surface area contributed by atoms with Crippen molar-refractivity contribution in [3.05, 3.63) is 23.8 Å². The molecule has 2 rings (SSSR count). The quantitative estimate of drug-likeness (QED) is 0.842. The summed E-state index contributed by atoms with van der Waals surface area (Å²) in [6, 6.07) is 1.64. The number of likely N-dealkylation sites (N-methyl/N-ethyl adjacent to an activating group) is 1. The molecule has 1 saturated heterocycles. The molecule has 1 heterocycles. The van der Waals surface area contributed by atoms with Crippen LogP contribution >= 0.6 is 0 Å². The molecule has 8 heteroatoms. The summed E-state index contributed by atoms with van der Waals surface area (Å²) in [4.78, 5) is 1.15. The number of halogens is 2. The monoisotopic (exact) mass is 305 g/mol. The van der Waals surface area contributed by atoms with Gasteiger partial charge in [0.15, 0.2) is 4.90 Å². The molecule has 112 valence electrons. The van der Waals surface area contributed by atoms with Gasteiger partial charge >= 0.3 is 0 Å². The van der Waals surface area contributed by atoms with Crippen LogP contribution in [0.25, 0.3) is 0 Å². The fraction of sp³-hybridized carbons (Fsp3) is 0.500. The standard InChI is InChI=1S/C12H17F2N3O2S/c1-2-16-3-5-17(6-4-16)20(18,19)12-10(13)7-9(15)8-11(12)14/h7-8H,2-6,15H2,1H3. The summed E-state index contributed by atoms with van der Waals surface area (Å²) < 4.78 is 53.3. The van der Waals surface area contributed by atoms with E-state index >= 15 is 0 Å². The van der Waals surface area contributed by atoms with E-state index in [0.29, 0.717) is 13.1 Å². The van der Waals surface area contributed by atoms with Crippen LogP contribution in [0.15, 0.2) is 17.0 Å². The molecule has 1 aromatic carbocycles. The predicted molar refractivity (Wildman–Crippen MR) is 71.6 cm³/mol. The molecular formula is C12H17F2N3O2S. The van der Waals surface area contributed by atoms with Crippen LogP contribution in [0.5, 0.6) is 0 Å². The van der Waals surface area contributed by atoms with Crippen molar-refractivity contribution >= 4 is 15.7 Å². The highest BCUT2D eigenvalue weighted by atomic mass is 32.2. The minimum absolute atomic E-state index is 0.144. The van der Waals surface area contributed by atoms with E-state index in [9.17, 15) is 17.2 Å². The van der Waals surface area contributed by atoms with Crippen LogP contribution in [-0.2, 0) is 10.0 Å². The van der Waals surface area contributed by atoms with E-state index in [2.05, 4.69) is 4.90 Å². The lowest BCUT2D eigenvalue weighted by molar-refractivity contribution is 0.196. The fourth-order valence-corrected chi connectivity index (χ4v) is 3.75. The number of nitrogens with zero attached hydrogens (tertiary/aromatic N) is 2. The van der Waals surface area contributed by atoms with Crippen LogP contribution in [0.3, 0.4) is 0 Å². The molecule has 1 aliphatic rings. The van der Waals surface area contributed by atoms with Gasteiger partial charge in [-0.3, -0.25) is 0 Å². The summed E-state index contributed by atoms with van der Waals surface area (Å²) in [5.74, 6) is -2.30. The number of hydrogen-bond acceptors (Lipinski definition) is 4. The van der Waals surface area contributed by atoms with Gasteiger partial charge < -0.3 is 10.6 Å². The van der Waals surface area contributed by atoms with Crippen LogP contribution in [0, 0.1) is 11.6 Å². The smallest absolute Gasteiger partial charge is 0.249 e. The van der Waals surface area contributed by atoms with Crippen LogP contribution in [0.2, 0.25) is 0 Å². The molecule has 0 spiro atoms. The molecule has 1 aromatic rings. The average molecular weight is 305 g/mol. The molecule has 0 atom stereocenters. The second kappa shape index (κ2) is 5.63. The zero-order valence-corrected chi connectivity index (χ0v) is 12.0. The van der Waals surface area contributed by atoms with Gasteiger partial charge in [0, 0.05) is 31.9 Å². The van der Waals surface area contributed by atoms with Gasteiger partial charge in [-0.15, -0.1) is 0 Å². The first-order chi connectivity index (χ1) is 9.36. The zero-order chi connectivity index (χ0) is 14.9. The van der Waals surface area contributed by atoms with Crippen LogP contribution in [-0.4, -0.2) is 50.3 Å². The third-order valence-corrected chi connectivity index (χ3v) is 5.35. The number of piperazine rings is 1. The highest BCUT2D eigenvalue weighted by Gasteiger charge is 2.33. The molecular weight excluding hydrogens is 288 g/mol. The van der Waals surface area contributed by atoms with Gasteiger partial charge in [-0.2, -0.15) is 4.31 Å². The Balaban J connectivity index is 2.32. The van der Waals surface area contributed by atoms with E-state index in [1.54, 1.807) is 0 Å². The van der Waals surface area contributed by atoms with Crippen molar-refractivity contribution in [1.29, 1.82) is 0 Å². The molecule has 2 N–H and O–H groups in total. The first kappa shape index (κ1) is 15.1. The highest BCUT2D eigenvalue weighted by molar-refractivity contribution is 7.89. The molecule has 0 unspecified atom stereocenters. The van der Waals surface area contributed by atoms with Gasteiger partial charge in [-0.25, -0.2) is 17.2 Å². The van der Waals surface area contributed by atoms with Gasteiger partial charge in [0.2, 0.25) is 10.0 Å². The molecule has 5 nitrogen and oxygen atoms in total. The fourth-order valence-electron chi connectivity index (χ4n) is 2.24. The summed E-state index contributed by atoms with van der Waals surface area (Å²) in [5, 5.41) is 0. The second-order valence-electron chi connectivity index (χ2n) is 4.65. The first-order valence-electron chi connectivity index (χ1n) is 6.33. The molecule has 0 aromatic heterocycles. The number of rotatable bonds is 3. The average Bonchev–Trinajstić information content (AvgIpc) is 2.37. The van der Waals surface area contributed by atoms with Crippen LogP contribution in [0.1, 0.15) is 6.92 Å². The van der Waals surface area contributed by atoms with Crippen molar-refractivity contribution in [1.82, 2.24) is 9.21 Å². The van der Waals surface area contributed by atoms with Crippen LogP contribution < -0.4 is 5.73 Å². The zero-order valence-electron chi connectivity index (χ0n) is 11.1. The number of hydrogen-bond donors (Lipinski definition) is 1. The highest BCUT2D eigenvalue weighted by Crippen LogP contribution is 2.25.